The molecule has 0 aliphatic carbocycles. The molecule has 0 heterocycles. The normalized spacial score (nSPS) is 7.71. The van der Waals surface area contributed by atoms with Crippen LogP contribution in [0.4, 0.5) is 0 Å². The number of rotatable bonds is 3. The number of nitrogens with two attached hydrogens (primary N) is 1. The Bertz CT molecular complexity index is 24.9. The van der Waals surface area contributed by atoms with Crippen molar-refractivity contribution in [3.05, 3.63) is 0 Å². The third kappa shape index (κ3) is 10.7. The smallest absolute Gasteiger partial charge is 0.109 e. The van der Waals surface area contributed by atoms with Crippen molar-refractivity contribution < 1.29 is 24.2 Å². The summed E-state index contributed by atoms with van der Waals surface area (Å²) >= 11 is 0. The van der Waals surface area contributed by atoms with Gasteiger partial charge in [0.05, 0.1) is 0 Å². The molecule has 0 amide bonds. The van der Waals surface area contributed by atoms with Crippen molar-refractivity contribution >= 4 is 0 Å². The van der Waals surface area contributed by atoms with Crippen LogP contribution in [0, 0.1) is 0 Å². The molecule has 46 valence electrons. The Morgan fingerprint density at radius 1 is 1.71 bits per heavy atom. The second kappa shape index (κ2) is 9.71. The first-order valence-electron chi connectivity index (χ1n) is 1.93. The Labute approximate surface area is 56.3 Å². The van der Waals surface area contributed by atoms with Crippen LogP contribution >= 0.6 is 0 Å². The van der Waals surface area contributed by atoms with Crippen LogP contribution < -0.4 is 11.3 Å². The zero-order chi connectivity index (χ0) is 4.83. The topological polar surface area (TPSA) is 47.3 Å². The molecule has 3 N–H and O–H groups in total. The molecule has 0 radical (unpaired) electrons. The number of hydrogen-bond acceptors (Lipinski definition) is 3. The molecule has 3 nitrogen and oxygen atoms in total. The minimum Gasteiger partial charge on any atom is -0.365 e. The van der Waals surface area contributed by atoms with Crippen LogP contribution in [0.25, 0.3) is 0 Å². The maximum atomic E-state index is 4.84. The van der Waals surface area contributed by atoms with Gasteiger partial charge in [0.1, 0.15) is 6.73 Å². The van der Waals surface area contributed by atoms with E-state index in [1.54, 1.807) is 0 Å². The van der Waals surface area contributed by atoms with Crippen LogP contribution in [0.3, 0.4) is 0 Å². The minimum atomic E-state index is 0. The van der Waals surface area contributed by atoms with E-state index in [9.17, 15) is 0 Å². The van der Waals surface area contributed by atoms with E-state index in [-0.39, 0.29) is 19.5 Å². The van der Waals surface area contributed by atoms with Crippen molar-refractivity contribution in [3.63, 3.8) is 0 Å². The first kappa shape index (κ1) is 10.5. The van der Waals surface area contributed by atoms with Crippen LogP contribution in [0.1, 0.15) is 6.92 Å². The Hall–Kier alpha value is 0.503. The number of nitrogens with one attached hydrogen (secondary N) is 1. The first-order chi connectivity index (χ1) is 2.91. The van der Waals surface area contributed by atoms with Crippen molar-refractivity contribution in [1.82, 2.24) is 5.43 Å². The first-order valence-corrected chi connectivity index (χ1v) is 1.93. The second-order valence-corrected chi connectivity index (χ2v) is 0.841. The molecule has 0 aromatic carbocycles. The van der Waals surface area contributed by atoms with E-state index in [4.69, 9.17) is 10.6 Å². The summed E-state index contributed by atoms with van der Waals surface area (Å²) in [5.74, 6) is 4.84. The summed E-state index contributed by atoms with van der Waals surface area (Å²) in [5.41, 5.74) is 2.35. The number of hydrazine groups is 1. The summed E-state index contributed by atoms with van der Waals surface area (Å²) in [5, 5.41) is 0. The van der Waals surface area contributed by atoms with Gasteiger partial charge < -0.3 is 4.74 Å². The van der Waals surface area contributed by atoms with Crippen LogP contribution in [-0.2, 0) is 24.2 Å². The molecule has 0 atom stereocenters. The van der Waals surface area contributed by atoms with Crippen LogP contribution in [0.2, 0.25) is 0 Å². The molecule has 0 aromatic rings. The van der Waals surface area contributed by atoms with Gasteiger partial charge in [-0.1, -0.05) is 0 Å². The van der Waals surface area contributed by atoms with Crippen molar-refractivity contribution in [2.75, 3.05) is 13.3 Å². The maximum absolute atomic E-state index is 4.84. The van der Waals surface area contributed by atoms with E-state index in [0.29, 0.717) is 13.3 Å². The average Bonchev–Trinajstić information content (AvgIpc) is 1.61. The summed E-state index contributed by atoms with van der Waals surface area (Å²) in [6.45, 7) is 3.07. The van der Waals surface area contributed by atoms with Gasteiger partial charge in [-0.05, 0) is 6.92 Å². The van der Waals surface area contributed by atoms with Gasteiger partial charge in [-0.3, -0.25) is 5.84 Å². The van der Waals surface area contributed by atoms with Crippen LogP contribution in [-0.4, -0.2) is 13.3 Å². The third-order valence-electron chi connectivity index (χ3n) is 0.390. The molecule has 0 unspecified atom stereocenters. The van der Waals surface area contributed by atoms with Crippen molar-refractivity contribution in [3.8, 4) is 0 Å². The summed E-state index contributed by atoms with van der Waals surface area (Å²) in [7, 11) is 0. The number of ether oxygens (including phenoxy) is 1. The van der Waals surface area contributed by atoms with Crippen LogP contribution in [0.15, 0.2) is 0 Å². The maximum Gasteiger partial charge on any atom is 0.109 e. The fraction of sp³-hybridized carbons (Fsp3) is 1.00. The predicted molar refractivity (Wildman–Crippen MR) is 23.8 cm³/mol. The standard InChI is InChI=1S/C3H10N2O.Ru/c1-2-6-3-5-4;/h5H,2-4H2,1H3;. The van der Waals surface area contributed by atoms with E-state index in [1.165, 1.54) is 0 Å². The van der Waals surface area contributed by atoms with E-state index >= 15 is 0 Å². The molecule has 0 aromatic heterocycles. The monoisotopic (exact) mass is 192 g/mol. The fourth-order valence-electron chi connectivity index (χ4n) is 0.161. The molecular weight excluding hydrogens is 181 g/mol. The Morgan fingerprint density at radius 2 is 2.29 bits per heavy atom. The van der Waals surface area contributed by atoms with Gasteiger partial charge in [0, 0.05) is 26.1 Å². The van der Waals surface area contributed by atoms with Gasteiger partial charge in [0.15, 0.2) is 0 Å². The molecule has 0 aliphatic rings. The molecule has 0 rings (SSSR count). The summed E-state index contributed by atoms with van der Waals surface area (Å²) in [6.07, 6.45) is 0. The van der Waals surface area contributed by atoms with E-state index in [1.807, 2.05) is 6.92 Å². The van der Waals surface area contributed by atoms with E-state index < -0.39 is 0 Å². The molecule has 0 bridgehead atoms. The van der Waals surface area contributed by atoms with Gasteiger partial charge in [0.25, 0.3) is 0 Å². The third-order valence-corrected chi connectivity index (χ3v) is 0.390. The Kier molecular flexibility index (Phi) is 14.5. The van der Waals surface area contributed by atoms with Gasteiger partial charge >= 0.3 is 0 Å². The van der Waals surface area contributed by atoms with Crippen LogP contribution in [0.5, 0.6) is 0 Å². The van der Waals surface area contributed by atoms with Crippen molar-refractivity contribution in [1.29, 1.82) is 0 Å². The van der Waals surface area contributed by atoms with Gasteiger partial charge in [-0.2, -0.15) is 0 Å². The Balaban J connectivity index is 0. The fourth-order valence-corrected chi connectivity index (χ4v) is 0.161. The zero-order valence-electron chi connectivity index (χ0n) is 4.25. The van der Waals surface area contributed by atoms with Gasteiger partial charge in [-0.25, -0.2) is 5.43 Å². The van der Waals surface area contributed by atoms with E-state index in [2.05, 4.69) is 5.43 Å². The SMILES string of the molecule is CCOCNN.[Ru]. The molecule has 0 spiro atoms. The molecule has 7 heavy (non-hydrogen) atoms. The quantitative estimate of drug-likeness (QED) is 0.207. The zero-order valence-corrected chi connectivity index (χ0v) is 5.99. The van der Waals surface area contributed by atoms with Crippen molar-refractivity contribution in [2.45, 2.75) is 6.92 Å². The number of hydrogen-bond donors (Lipinski definition) is 2. The minimum absolute atomic E-state index is 0. The van der Waals surface area contributed by atoms with Crippen molar-refractivity contribution in [2.24, 2.45) is 5.84 Å². The Morgan fingerprint density at radius 3 is 2.43 bits per heavy atom. The van der Waals surface area contributed by atoms with Gasteiger partial charge in [-0.15, -0.1) is 0 Å². The van der Waals surface area contributed by atoms with Gasteiger partial charge in [0.2, 0.25) is 0 Å². The molecule has 0 saturated heterocycles. The molecule has 0 aliphatic heterocycles. The molecular formula is C3H10N2ORu. The van der Waals surface area contributed by atoms with E-state index in [0.717, 1.165) is 0 Å². The predicted octanol–water partition coefficient (Wildman–Crippen LogP) is -0.559. The summed E-state index contributed by atoms with van der Waals surface area (Å²) < 4.78 is 4.75. The summed E-state index contributed by atoms with van der Waals surface area (Å²) in [4.78, 5) is 0. The molecule has 0 saturated carbocycles. The second-order valence-electron chi connectivity index (χ2n) is 0.841. The average molecular weight is 191 g/mol. The molecule has 4 heteroatoms. The molecule has 0 fully saturated rings. The summed E-state index contributed by atoms with van der Waals surface area (Å²) in [6, 6.07) is 0. The largest absolute Gasteiger partial charge is 0.365 e.